The summed E-state index contributed by atoms with van der Waals surface area (Å²) in [6.07, 6.45) is 0.00811. The Labute approximate surface area is 159 Å². The quantitative estimate of drug-likeness (QED) is 0.599. The molecule has 3 rings (SSSR count). The predicted molar refractivity (Wildman–Crippen MR) is 97.5 cm³/mol. The Hall–Kier alpha value is -3.07. The maximum Gasteiger partial charge on any atom is 0.311 e. The summed E-state index contributed by atoms with van der Waals surface area (Å²) in [7, 11) is 0. The van der Waals surface area contributed by atoms with Gasteiger partial charge in [0.2, 0.25) is 5.91 Å². The number of carbonyl (C=O) groups is 4. The van der Waals surface area contributed by atoms with Crippen LogP contribution < -0.4 is 5.32 Å². The van der Waals surface area contributed by atoms with Gasteiger partial charge >= 0.3 is 5.97 Å². The van der Waals surface area contributed by atoms with Crippen LogP contribution >= 0.6 is 11.3 Å². The fourth-order valence-electron chi connectivity index (χ4n) is 2.69. The third-order valence-electron chi connectivity index (χ3n) is 4.00. The molecular formula is C18H17N3O5S. The highest BCUT2D eigenvalue weighted by Crippen LogP contribution is 2.25. The third-order valence-corrected chi connectivity index (χ3v) is 4.81. The van der Waals surface area contributed by atoms with Gasteiger partial charge in [0, 0.05) is 5.38 Å². The minimum Gasteiger partial charge on any atom is -0.466 e. The molecule has 0 aliphatic carbocycles. The fraction of sp³-hybridized carbons (Fsp3) is 0.278. The van der Waals surface area contributed by atoms with Crippen LogP contribution in [-0.4, -0.2) is 46.2 Å². The molecule has 27 heavy (non-hydrogen) atoms. The van der Waals surface area contributed by atoms with Crippen LogP contribution in [0.1, 0.15) is 40.3 Å². The van der Waals surface area contributed by atoms with Crippen molar-refractivity contribution in [2.75, 3.05) is 11.9 Å². The molecule has 2 heterocycles. The summed E-state index contributed by atoms with van der Waals surface area (Å²) in [5.74, 6) is -1.94. The summed E-state index contributed by atoms with van der Waals surface area (Å²) < 4.78 is 4.85. The fourth-order valence-corrected chi connectivity index (χ4v) is 3.41. The van der Waals surface area contributed by atoms with Gasteiger partial charge in [0.25, 0.3) is 11.8 Å². The molecule has 0 spiro atoms. The van der Waals surface area contributed by atoms with Crippen LogP contribution in [0.25, 0.3) is 0 Å². The summed E-state index contributed by atoms with van der Waals surface area (Å²) in [5, 5.41) is 4.50. The first-order chi connectivity index (χ1) is 12.9. The Bertz CT molecular complexity index is 888. The Morgan fingerprint density at radius 1 is 1.22 bits per heavy atom. The van der Waals surface area contributed by atoms with Crippen LogP contribution in [0.3, 0.4) is 0 Å². The third kappa shape index (κ3) is 3.72. The molecule has 1 N–H and O–H groups in total. The lowest BCUT2D eigenvalue weighted by atomic mass is 10.1. The van der Waals surface area contributed by atoms with Gasteiger partial charge < -0.3 is 10.1 Å². The van der Waals surface area contributed by atoms with Gasteiger partial charge in [-0.25, -0.2) is 4.98 Å². The predicted octanol–water partition coefficient (Wildman–Crippen LogP) is 1.87. The molecular weight excluding hydrogens is 370 g/mol. The molecule has 1 aromatic heterocycles. The number of amides is 3. The Morgan fingerprint density at radius 3 is 2.44 bits per heavy atom. The van der Waals surface area contributed by atoms with Crippen molar-refractivity contribution < 1.29 is 23.9 Å². The number of ether oxygens (including phenoxy) is 1. The van der Waals surface area contributed by atoms with Crippen molar-refractivity contribution in [1.29, 1.82) is 0 Å². The lowest BCUT2D eigenvalue weighted by molar-refractivity contribution is -0.142. The number of benzene rings is 1. The highest BCUT2D eigenvalue weighted by atomic mass is 32.1. The average molecular weight is 387 g/mol. The van der Waals surface area contributed by atoms with Crippen LogP contribution in [0, 0.1) is 0 Å². The van der Waals surface area contributed by atoms with Crippen LogP contribution in [0.5, 0.6) is 0 Å². The number of carbonyl (C=O) groups excluding carboxylic acids is 4. The second kappa shape index (κ2) is 7.67. The molecule has 140 valence electrons. The molecule has 3 amide bonds. The van der Waals surface area contributed by atoms with E-state index in [2.05, 4.69) is 10.3 Å². The van der Waals surface area contributed by atoms with Gasteiger partial charge in [0.1, 0.15) is 6.04 Å². The van der Waals surface area contributed by atoms with Gasteiger partial charge in [-0.3, -0.25) is 24.1 Å². The minimum atomic E-state index is -1.00. The van der Waals surface area contributed by atoms with Crippen molar-refractivity contribution in [1.82, 2.24) is 9.88 Å². The Balaban J connectivity index is 1.67. The normalized spacial score (nSPS) is 14.1. The summed E-state index contributed by atoms with van der Waals surface area (Å²) >= 11 is 1.15. The number of anilines is 1. The first-order valence-electron chi connectivity index (χ1n) is 8.30. The van der Waals surface area contributed by atoms with E-state index in [1.807, 2.05) is 0 Å². The zero-order valence-electron chi connectivity index (χ0n) is 14.7. The van der Waals surface area contributed by atoms with Gasteiger partial charge in [0.05, 0.1) is 29.8 Å². The van der Waals surface area contributed by atoms with E-state index in [0.29, 0.717) is 5.69 Å². The molecule has 0 saturated heterocycles. The zero-order chi connectivity index (χ0) is 19.6. The van der Waals surface area contributed by atoms with Crippen molar-refractivity contribution in [3.63, 3.8) is 0 Å². The summed E-state index contributed by atoms with van der Waals surface area (Å²) in [4.78, 5) is 54.0. The van der Waals surface area contributed by atoms with Crippen molar-refractivity contribution in [3.8, 4) is 0 Å². The van der Waals surface area contributed by atoms with Crippen LogP contribution in [0.2, 0.25) is 0 Å². The molecule has 0 radical (unpaired) electrons. The van der Waals surface area contributed by atoms with E-state index in [4.69, 9.17) is 4.74 Å². The molecule has 0 bridgehead atoms. The van der Waals surface area contributed by atoms with E-state index in [1.54, 1.807) is 36.6 Å². The first-order valence-corrected chi connectivity index (χ1v) is 9.18. The van der Waals surface area contributed by atoms with E-state index in [9.17, 15) is 19.2 Å². The first kappa shape index (κ1) is 18.7. The van der Waals surface area contributed by atoms with E-state index in [0.717, 1.165) is 16.2 Å². The molecule has 2 aromatic rings. The van der Waals surface area contributed by atoms with E-state index < -0.39 is 29.7 Å². The van der Waals surface area contributed by atoms with Crippen molar-refractivity contribution in [2.24, 2.45) is 0 Å². The number of hydrogen-bond donors (Lipinski definition) is 1. The van der Waals surface area contributed by atoms with Gasteiger partial charge in [-0.05, 0) is 26.0 Å². The van der Waals surface area contributed by atoms with Crippen molar-refractivity contribution >= 4 is 40.2 Å². The Kier molecular flexibility index (Phi) is 5.31. The number of fused-ring (bicyclic) bond motifs is 1. The maximum atomic E-state index is 12.5. The molecule has 1 atom stereocenters. The van der Waals surface area contributed by atoms with Gasteiger partial charge in [-0.1, -0.05) is 12.1 Å². The second-order valence-electron chi connectivity index (χ2n) is 5.82. The summed E-state index contributed by atoms with van der Waals surface area (Å²) in [6.45, 7) is 3.47. The van der Waals surface area contributed by atoms with Gasteiger partial charge in [0.15, 0.2) is 5.13 Å². The summed E-state index contributed by atoms with van der Waals surface area (Å²) in [5.41, 5.74) is 1.04. The number of esters is 1. The van der Waals surface area contributed by atoms with Crippen LogP contribution in [0.4, 0.5) is 5.13 Å². The van der Waals surface area contributed by atoms with Gasteiger partial charge in [-0.2, -0.15) is 0 Å². The van der Waals surface area contributed by atoms with E-state index in [1.165, 1.54) is 6.92 Å². The SMILES string of the molecule is CCOC(=O)Cc1csc(NC(=O)C(C)N2C(=O)c3ccccc3C2=O)n1. The number of aromatic nitrogens is 1. The van der Waals surface area contributed by atoms with Crippen molar-refractivity contribution in [2.45, 2.75) is 26.3 Å². The zero-order valence-corrected chi connectivity index (χ0v) is 15.5. The standard InChI is InChI=1S/C18H17N3O5S/c1-3-26-14(22)8-11-9-27-18(19-11)20-15(23)10(2)21-16(24)12-6-4-5-7-13(12)17(21)25/h4-7,9-10H,3,8H2,1-2H3,(H,19,20,23). The smallest absolute Gasteiger partial charge is 0.311 e. The minimum absolute atomic E-state index is 0.00811. The number of imide groups is 1. The molecule has 0 saturated carbocycles. The number of hydrogen-bond acceptors (Lipinski definition) is 7. The number of rotatable bonds is 6. The second-order valence-corrected chi connectivity index (χ2v) is 6.68. The molecule has 9 heteroatoms. The van der Waals surface area contributed by atoms with Crippen LogP contribution in [-0.2, 0) is 20.7 Å². The van der Waals surface area contributed by atoms with E-state index in [-0.39, 0.29) is 29.3 Å². The van der Waals surface area contributed by atoms with Crippen LogP contribution in [0.15, 0.2) is 29.6 Å². The average Bonchev–Trinajstić information content (AvgIpc) is 3.17. The summed E-state index contributed by atoms with van der Waals surface area (Å²) in [6, 6.07) is 5.44. The Morgan fingerprint density at radius 2 is 1.85 bits per heavy atom. The number of nitrogens with zero attached hydrogens (tertiary/aromatic N) is 2. The molecule has 1 aromatic carbocycles. The van der Waals surface area contributed by atoms with E-state index >= 15 is 0 Å². The molecule has 8 nitrogen and oxygen atoms in total. The molecule has 1 unspecified atom stereocenters. The molecule has 1 aliphatic heterocycles. The lowest BCUT2D eigenvalue weighted by Gasteiger charge is -2.21. The number of thiazole rings is 1. The van der Waals surface area contributed by atoms with Crippen molar-refractivity contribution in [3.05, 3.63) is 46.5 Å². The van der Waals surface area contributed by atoms with Gasteiger partial charge in [-0.15, -0.1) is 11.3 Å². The lowest BCUT2D eigenvalue weighted by Crippen LogP contribution is -2.45. The molecule has 1 aliphatic rings. The largest absolute Gasteiger partial charge is 0.466 e. The molecule has 0 fully saturated rings. The highest BCUT2D eigenvalue weighted by molar-refractivity contribution is 7.13. The monoisotopic (exact) mass is 387 g/mol. The topological polar surface area (TPSA) is 106 Å². The number of nitrogens with one attached hydrogen (secondary N) is 1. The highest BCUT2D eigenvalue weighted by Gasteiger charge is 2.40. The maximum absolute atomic E-state index is 12.5.